The fourth-order valence-electron chi connectivity index (χ4n) is 1.69. The zero-order valence-electron chi connectivity index (χ0n) is 10.8. The summed E-state index contributed by atoms with van der Waals surface area (Å²) in [4.78, 5) is 6.98. The lowest BCUT2D eigenvalue weighted by Gasteiger charge is -2.13. The van der Waals surface area contributed by atoms with Crippen LogP contribution in [-0.2, 0) is 0 Å². The summed E-state index contributed by atoms with van der Waals surface area (Å²) in [5, 5.41) is 4.16. The van der Waals surface area contributed by atoms with E-state index in [1.807, 2.05) is 31.3 Å². The van der Waals surface area contributed by atoms with Gasteiger partial charge in [0, 0.05) is 21.5 Å². The van der Waals surface area contributed by atoms with Gasteiger partial charge in [-0.05, 0) is 24.8 Å². The van der Waals surface area contributed by atoms with Crippen LogP contribution in [0.15, 0.2) is 29.3 Å². The van der Waals surface area contributed by atoms with Gasteiger partial charge in [0.2, 0.25) is 0 Å². The molecule has 0 radical (unpaired) electrons. The van der Waals surface area contributed by atoms with Crippen LogP contribution >= 0.6 is 35.3 Å². The Bertz CT molecular complexity index is 593. The number of aromatic nitrogens is 1. The molecule has 0 aliphatic rings. The van der Waals surface area contributed by atoms with Crippen LogP contribution in [0.4, 0.5) is 10.8 Å². The number of rotatable bonds is 5. The summed E-state index contributed by atoms with van der Waals surface area (Å²) in [6, 6.07) is 6.02. The number of aryl methyl sites for hydroxylation is 1. The van der Waals surface area contributed by atoms with Crippen LogP contribution in [0.2, 0.25) is 0 Å². The Morgan fingerprint density at radius 3 is 2.89 bits per heavy atom. The lowest BCUT2D eigenvalue weighted by atomic mass is 10.2. The van der Waals surface area contributed by atoms with E-state index in [1.165, 1.54) is 4.88 Å². The molecular weight excluding hydrogens is 294 g/mol. The van der Waals surface area contributed by atoms with Crippen LogP contribution in [0.3, 0.4) is 0 Å². The second kappa shape index (κ2) is 6.36. The Labute approximate surface area is 126 Å². The zero-order valence-corrected chi connectivity index (χ0v) is 13.2. The van der Waals surface area contributed by atoms with E-state index >= 15 is 0 Å². The van der Waals surface area contributed by atoms with Crippen molar-refractivity contribution >= 4 is 51.1 Å². The fourth-order valence-corrected chi connectivity index (χ4v) is 3.50. The second-order valence-corrected chi connectivity index (χ2v) is 6.86. The average molecular weight is 309 g/mol. The normalized spacial score (nSPS) is 10.4. The van der Waals surface area contributed by atoms with Gasteiger partial charge in [0.25, 0.3) is 0 Å². The van der Waals surface area contributed by atoms with Crippen molar-refractivity contribution in [3.63, 3.8) is 0 Å². The molecule has 19 heavy (non-hydrogen) atoms. The quantitative estimate of drug-likeness (QED) is 0.647. The number of benzene rings is 1. The molecule has 0 saturated carbocycles. The lowest BCUT2D eigenvalue weighted by molar-refractivity contribution is 1.34. The largest absolute Gasteiger partial charge is 0.389 e. The molecule has 0 fully saturated rings. The number of nitrogens with zero attached hydrogens (tertiary/aromatic N) is 1. The molecule has 2 aromatic rings. The summed E-state index contributed by atoms with van der Waals surface area (Å²) in [5.74, 6) is 0.982. The molecule has 0 unspecified atom stereocenters. The smallest absolute Gasteiger partial charge is 0.187 e. The highest BCUT2D eigenvalue weighted by atomic mass is 32.2. The Balaban J connectivity index is 2.38. The summed E-state index contributed by atoms with van der Waals surface area (Å²) in [6.07, 6.45) is 1.85. The maximum atomic E-state index is 5.87. The van der Waals surface area contributed by atoms with Gasteiger partial charge in [-0.3, -0.25) is 0 Å². The topological polar surface area (TPSA) is 50.9 Å². The minimum atomic E-state index is 0.410. The SMILES string of the molecule is CCSc1cccc(Nc2ncc(C)s2)c1C(N)=S. The molecule has 2 rings (SSSR count). The third-order valence-electron chi connectivity index (χ3n) is 2.44. The number of hydrogen-bond donors (Lipinski definition) is 2. The number of anilines is 2. The minimum absolute atomic E-state index is 0.410. The number of thioether (sulfide) groups is 1. The van der Waals surface area contributed by atoms with Crippen molar-refractivity contribution in [1.82, 2.24) is 4.98 Å². The maximum absolute atomic E-state index is 5.87. The van der Waals surface area contributed by atoms with Crippen molar-refractivity contribution in [2.75, 3.05) is 11.1 Å². The predicted molar refractivity (Wildman–Crippen MR) is 88.9 cm³/mol. The van der Waals surface area contributed by atoms with Gasteiger partial charge < -0.3 is 11.1 Å². The molecule has 0 aliphatic carbocycles. The van der Waals surface area contributed by atoms with Crippen LogP contribution < -0.4 is 11.1 Å². The third kappa shape index (κ3) is 3.46. The fraction of sp³-hybridized carbons (Fsp3) is 0.231. The summed E-state index contributed by atoms with van der Waals surface area (Å²) < 4.78 is 0. The highest BCUT2D eigenvalue weighted by Crippen LogP contribution is 2.31. The Morgan fingerprint density at radius 1 is 1.53 bits per heavy atom. The van der Waals surface area contributed by atoms with Crippen molar-refractivity contribution in [2.45, 2.75) is 18.7 Å². The molecule has 1 aromatic heterocycles. The van der Waals surface area contributed by atoms with Gasteiger partial charge in [0.15, 0.2) is 5.13 Å². The van der Waals surface area contributed by atoms with Crippen LogP contribution in [0.25, 0.3) is 0 Å². The molecule has 0 saturated heterocycles. The molecule has 100 valence electrons. The van der Waals surface area contributed by atoms with Crippen LogP contribution in [-0.4, -0.2) is 15.7 Å². The van der Waals surface area contributed by atoms with Gasteiger partial charge in [-0.25, -0.2) is 4.98 Å². The van der Waals surface area contributed by atoms with Crippen molar-refractivity contribution in [3.05, 3.63) is 34.8 Å². The summed E-state index contributed by atoms with van der Waals surface area (Å²) in [7, 11) is 0. The van der Waals surface area contributed by atoms with Crippen LogP contribution in [0.5, 0.6) is 0 Å². The number of thiocarbonyl (C=S) groups is 1. The zero-order chi connectivity index (χ0) is 13.8. The standard InChI is InChI=1S/C13H15N3S3/c1-3-18-10-6-4-5-9(11(10)12(14)17)16-13-15-7-8(2)19-13/h4-7H,3H2,1-2H3,(H2,14,17)(H,15,16). The van der Waals surface area contributed by atoms with E-state index in [9.17, 15) is 0 Å². The first-order valence-electron chi connectivity index (χ1n) is 5.87. The summed E-state index contributed by atoms with van der Waals surface area (Å²) >= 11 is 8.52. The Kier molecular flexibility index (Phi) is 4.79. The van der Waals surface area contributed by atoms with E-state index in [-0.39, 0.29) is 0 Å². The molecule has 0 aliphatic heterocycles. The highest BCUT2D eigenvalue weighted by Gasteiger charge is 2.12. The lowest BCUT2D eigenvalue weighted by Crippen LogP contribution is -2.13. The van der Waals surface area contributed by atoms with E-state index in [1.54, 1.807) is 23.1 Å². The maximum Gasteiger partial charge on any atom is 0.187 e. The minimum Gasteiger partial charge on any atom is -0.389 e. The second-order valence-electron chi connectivity index (χ2n) is 3.88. The van der Waals surface area contributed by atoms with Crippen molar-refractivity contribution in [2.24, 2.45) is 5.73 Å². The number of nitrogens with one attached hydrogen (secondary N) is 1. The predicted octanol–water partition coefficient (Wildman–Crippen LogP) is 3.94. The first-order chi connectivity index (χ1) is 9.11. The third-order valence-corrected chi connectivity index (χ3v) is 4.41. The summed E-state index contributed by atoms with van der Waals surface area (Å²) in [5.41, 5.74) is 7.68. The number of hydrogen-bond acceptors (Lipinski definition) is 5. The molecule has 0 spiro atoms. The van der Waals surface area contributed by atoms with E-state index < -0.39 is 0 Å². The van der Waals surface area contributed by atoms with Gasteiger partial charge in [-0.15, -0.1) is 23.1 Å². The average Bonchev–Trinajstić information content (AvgIpc) is 2.75. The number of nitrogens with two attached hydrogens (primary N) is 1. The van der Waals surface area contributed by atoms with Crippen molar-refractivity contribution in [3.8, 4) is 0 Å². The monoisotopic (exact) mass is 309 g/mol. The molecule has 6 heteroatoms. The van der Waals surface area contributed by atoms with Crippen LogP contribution in [0, 0.1) is 6.92 Å². The molecule has 3 nitrogen and oxygen atoms in total. The van der Waals surface area contributed by atoms with Gasteiger partial charge in [-0.1, -0.05) is 25.2 Å². The van der Waals surface area contributed by atoms with Gasteiger partial charge in [0.05, 0.1) is 5.69 Å². The van der Waals surface area contributed by atoms with Crippen molar-refractivity contribution in [1.29, 1.82) is 0 Å². The van der Waals surface area contributed by atoms with Gasteiger partial charge >= 0.3 is 0 Å². The molecular formula is C13H15N3S3. The Hall–Kier alpha value is -1.11. The van der Waals surface area contributed by atoms with Crippen LogP contribution in [0.1, 0.15) is 17.4 Å². The molecule has 1 aromatic carbocycles. The first kappa shape index (κ1) is 14.3. The van der Waals surface area contributed by atoms with E-state index in [0.717, 1.165) is 27.0 Å². The molecule has 0 bridgehead atoms. The van der Waals surface area contributed by atoms with Gasteiger partial charge in [0.1, 0.15) is 4.99 Å². The van der Waals surface area contributed by atoms with E-state index in [4.69, 9.17) is 18.0 Å². The van der Waals surface area contributed by atoms with E-state index in [2.05, 4.69) is 17.2 Å². The molecule has 1 heterocycles. The molecule has 0 atom stereocenters. The van der Waals surface area contributed by atoms with Crippen molar-refractivity contribution < 1.29 is 0 Å². The van der Waals surface area contributed by atoms with E-state index in [0.29, 0.717) is 4.99 Å². The van der Waals surface area contributed by atoms with Gasteiger partial charge in [-0.2, -0.15) is 0 Å². The molecule has 0 amide bonds. The highest BCUT2D eigenvalue weighted by molar-refractivity contribution is 7.99. The summed E-state index contributed by atoms with van der Waals surface area (Å²) in [6.45, 7) is 4.14. The Morgan fingerprint density at radius 2 is 2.32 bits per heavy atom. The number of thiazole rings is 1. The molecule has 3 N–H and O–H groups in total. The first-order valence-corrected chi connectivity index (χ1v) is 8.08.